The highest BCUT2D eigenvalue weighted by Gasteiger charge is 2.45. The molecule has 0 aliphatic carbocycles. The van der Waals surface area contributed by atoms with Crippen LogP contribution in [0.2, 0.25) is 5.02 Å². The van der Waals surface area contributed by atoms with Crippen molar-refractivity contribution in [1.82, 2.24) is 9.55 Å². The lowest BCUT2D eigenvalue weighted by atomic mass is 9.80. The van der Waals surface area contributed by atoms with Gasteiger partial charge in [-0.05, 0) is 25.5 Å². The number of aliphatic imine (C=N–C) groups is 1. The second-order valence-corrected chi connectivity index (χ2v) is 6.16. The van der Waals surface area contributed by atoms with E-state index in [0.29, 0.717) is 22.0 Å². The van der Waals surface area contributed by atoms with E-state index in [1.165, 1.54) is 23.3 Å². The van der Waals surface area contributed by atoms with Crippen LogP contribution in [-0.2, 0) is 0 Å². The van der Waals surface area contributed by atoms with Crippen LogP contribution >= 0.6 is 11.6 Å². The number of halogens is 1. The third-order valence-corrected chi connectivity index (χ3v) is 4.57. The second kappa shape index (κ2) is 6.60. The maximum atomic E-state index is 13.0. The number of hydrogen-bond acceptors (Lipinski definition) is 5. The monoisotopic (exact) mass is 358 g/mol. The van der Waals surface area contributed by atoms with E-state index < -0.39 is 22.8 Å². The van der Waals surface area contributed by atoms with Crippen LogP contribution in [0.25, 0.3) is 0 Å². The normalized spacial score (nSPS) is 20.4. The van der Waals surface area contributed by atoms with E-state index in [1.807, 2.05) is 0 Å². The molecule has 25 heavy (non-hydrogen) atoms. The summed E-state index contributed by atoms with van der Waals surface area (Å²) in [5.74, 6) is -1.22. The molecule has 1 aliphatic heterocycles. The van der Waals surface area contributed by atoms with Crippen molar-refractivity contribution in [3.05, 3.63) is 75.0 Å². The molecule has 128 valence electrons. The van der Waals surface area contributed by atoms with Gasteiger partial charge in [0.15, 0.2) is 0 Å². The number of carbonyl (C=O) groups excluding carboxylic acids is 1. The van der Waals surface area contributed by atoms with Crippen LogP contribution in [0, 0.1) is 10.1 Å². The van der Waals surface area contributed by atoms with Crippen LogP contribution < -0.4 is 0 Å². The van der Waals surface area contributed by atoms with Gasteiger partial charge in [-0.3, -0.25) is 24.5 Å². The molecule has 2 atom stereocenters. The largest absolute Gasteiger partial charge is 0.272 e. The van der Waals surface area contributed by atoms with Crippen molar-refractivity contribution in [2.24, 2.45) is 4.99 Å². The molecule has 0 amide bonds. The summed E-state index contributed by atoms with van der Waals surface area (Å²) < 4.78 is 1.29. The highest BCUT2D eigenvalue weighted by Crippen LogP contribution is 2.39. The Morgan fingerprint density at radius 2 is 2.04 bits per heavy atom. The minimum atomic E-state index is -1.16. The molecular weight excluding hydrogens is 344 g/mol. The van der Waals surface area contributed by atoms with Crippen molar-refractivity contribution in [3.63, 3.8) is 0 Å². The molecule has 8 heteroatoms. The van der Waals surface area contributed by atoms with Crippen molar-refractivity contribution in [2.45, 2.75) is 25.8 Å². The second-order valence-electron chi connectivity index (χ2n) is 5.76. The van der Waals surface area contributed by atoms with E-state index >= 15 is 0 Å². The van der Waals surface area contributed by atoms with Gasteiger partial charge < -0.3 is 0 Å². The zero-order valence-corrected chi connectivity index (χ0v) is 14.3. The maximum Gasteiger partial charge on any atom is 0.261 e. The first-order chi connectivity index (χ1) is 11.9. The molecule has 2 aromatic rings. The van der Waals surface area contributed by atoms with Crippen LogP contribution in [-0.4, -0.2) is 32.1 Å². The van der Waals surface area contributed by atoms with Gasteiger partial charge in [-0.1, -0.05) is 29.8 Å². The first kappa shape index (κ1) is 17.0. The SMILES string of the molecule is CC1=NC(C)=C(C(=O)n2ccnc2)C(c2ccccc2Cl)C1[N+](=O)[O-]. The molecule has 2 heterocycles. The van der Waals surface area contributed by atoms with Crippen molar-refractivity contribution >= 4 is 23.2 Å². The summed E-state index contributed by atoms with van der Waals surface area (Å²) in [5, 5.41) is 12.1. The van der Waals surface area contributed by atoms with E-state index in [-0.39, 0.29) is 5.57 Å². The highest BCUT2D eigenvalue weighted by atomic mass is 35.5. The quantitative estimate of drug-likeness (QED) is 0.621. The first-order valence-electron chi connectivity index (χ1n) is 7.58. The minimum absolute atomic E-state index is 0.249. The fourth-order valence-corrected chi connectivity index (χ4v) is 3.40. The molecule has 0 saturated carbocycles. The number of imidazole rings is 1. The lowest BCUT2D eigenvalue weighted by Crippen LogP contribution is -2.40. The van der Waals surface area contributed by atoms with E-state index in [9.17, 15) is 14.9 Å². The Balaban J connectivity index is 2.23. The van der Waals surface area contributed by atoms with Gasteiger partial charge in [0.25, 0.3) is 11.9 Å². The standard InChI is InChI=1S/C17H15ClN4O3/c1-10-14(17(23)21-8-7-19-9-21)15(12-5-3-4-6-13(12)18)16(22(24)25)11(2)20-10/h3-9,15-16H,1-2H3. The molecular formula is C17H15ClN4O3. The topological polar surface area (TPSA) is 90.4 Å². The number of allylic oxidation sites excluding steroid dienone is 1. The molecule has 0 fully saturated rings. The highest BCUT2D eigenvalue weighted by molar-refractivity contribution is 6.31. The van der Waals surface area contributed by atoms with Crippen molar-refractivity contribution in [3.8, 4) is 0 Å². The number of rotatable bonds is 3. The Bertz CT molecular complexity index is 902. The summed E-state index contributed by atoms with van der Waals surface area (Å²) >= 11 is 6.30. The number of nitrogens with zero attached hydrogens (tertiary/aromatic N) is 4. The predicted octanol–water partition coefficient (Wildman–Crippen LogP) is 3.35. The van der Waals surface area contributed by atoms with Gasteiger partial charge >= 0.3 is 0 Å². The molecule has 1 aliphatic rings. The Labute approximate surface area is 148 Å². The van der Waals surface area contributed by atoms with E-state index in [0.717, 1.165) is 0 Å². The Kier molecular flexibility index (Phi) is 4.50. The minimum Gasteiger partial charge on any atom is -0.272 e. The Hall–Kier alpha value is -2.80. The van der Waals surface area contributed by atoms with Crippen LogP contribution in [0.15, 0.2) is 59.2 Å². The molecule has 7 nitrogen and oxygen atoms in total. The van der Waals surface area contributed by atoms with Gasteiger partial charge in [-0.25, -0.2) is 4.98 Å². The van der Waals surface area contributed by atoms with Crippen LogP contribution in [0.4, 0.5) is 0 Å². The first-order valence-corrected chi connectivity index (χ1v) is 7.96. The summed E-state index contributed by atoms with van der Waals surface area (Å²) in [7, 11) is 0. The lowest BCUT2D eigenvalue weighted by molar-refractivity contribution is -0.505. The summed E-state index contributed by atoms with van der Waals surface area (Å²) in [4.78, 5) is 32.4. The molecule has 0 radical (unpaired) electrons. The summed E-state index contributed by atoms with van der Waals surface area (Å²) in [6.45, 7) is 3.27. The smallest absolute Gasteiger partial charge is 0.261 e. The Morgan fingerprint density at radius 3 is 2.64 bits per heavy atom. The average molecular weight is 359 g/mol. The van der Waals surface area contributed by atoms with Crippen LogP contribution in [0.1, 0.15) is 30.1 Å². The number of benzene rings is 1. The van der Waals surface area contributed by atoms with E-state index in [1.54, 1.807) is 38.1 Å². The van der Waals surface area contributed by atoms with Crippen molar-refractivity contribution < 1.29 is 9.72 Å². The fourth-order valence-electron chi connectivity index (χ4n) is 3.15. The summed E-state index contributed by atoms with van der Waals surface area (Å²) in [6, 6.07) is 5.69. The molecule has 0 bridgehead atoms. The van der Waals surface area contributed by atoms with Gasteiger partial charge in [-0.2, -0.15) is 0 Å². The third kappa shape index (κ3) is 2.98. The number of aromatic nitrogens is 2. The van der Waals surface area contributed by atoms with Crippen LogP contribution in [0.3, 0.4) is 0 Å². The van der Waals surface area contributed by atoms with Gasteiger partial charge in [0, 0.05) is 28.0 Å². The summed E-state index contributed by atoms with van der Waals surface area (Å²) in [6.07, 6.45) is 4.33. The zero-order valence-electron chi connectivity index (χ0n) is 13.6. The van der Waals surface area contributed by atoms with Crippen molar-refractivity contribution in [2.75, 3.05) is 0 Å². The summed E-state index contributed by atoms with van der Waals surface area (Å²) in [5.41, 5.74) is 1.56. The number of nitro groups is 1. The molecule has 1 aromatic carbocycles. The van der Waals surface area contributed by atoms with Gasteiger partial charge in [0.1, 0.15) is 6.33 Å². The molecule has 1 aromatic heterocycles. The molecule has 0 saturated heterocycles. The Morgan fingerprint density at radius 1 is 1.32 bits per heavy atom. The predicted molar refractivity (Wildman–Crippen MR) is 93.6 cm³/mol. The number of carbonyl (C=O) groups is 1. The van der Waals surface area contributed by atoms with Gasteiger partial charge in [-0.15, -0.1) is 0 Å². The van der Waals surface area contributed by atoms with Gasteiger partial charge in [0.2, 0.25) is 0 Å². The maximum absolute atomic E-state index is 13.0. The average Bonchev–Trinajstić information content (AvgIpc) is 3.08. The fraction of sp³-hybridized carbons (Fsp3) is 0.235. The van der Waals surface area contributed by atoms with E-state index in [2.05, 4.69) is 9.98 Å². The van der Waals surface area contributed by atoms with Gasteiger partial charge in [0.05, 0.1) is 17.2 Å². The van der Waals surface area contributed by atoms with E-state index in [4.69, 9.17) is 11.6 Å². The van der Waals surface area contributed by atoms with Crippen molar-refractivity contribution in [1.29, 1.82) is 0 Å². The van der Waals surface area contributed by atoms with Crippen LogP contribution in [0.5, 0.6) is 0 Å². The molecule has 0 spiro atoms. The molecule has 2 unspecified atom stereocenters. The number of hydrogen-bond donors (Lipinski definition) is 0. The molecule has 3 rings (SSSR count). The lowest BCUT2D eigenvalue weighted by Gasteiger charge is -2.28. The third-order valence-electron chi connectivity index (χ3n) is 4.23. The molecule has 0 N–H and O–H groups in total. The zero-order chi connectivity index (χ0) is 18.1.